The summed E-state index contributed by atoms with van der Waals surface area (Å²) >= 11 is 0. The number of aromatic nitrogens is 2. The third-order valence-electron chi connectivity index (χ3n) is 4.73. The second kappa shape index (κ2) is 6.55. The lowest BCUT2D eigenvalue weighted by Crippen LogP contribution is -2.39. The second-order valence-corrected chi connectivity index (χ2v) is 6.48. The molecule has 0 spiro atoms. The molecule has 0 unspecified atom stereocenters. The van der Waals surface area contributed by atoms with Crippen LogP contribution in [0.15, 0.2) is 36.4 Å². The first kappa shape index (κ1) is 16.8. The highest BCUT2D eigenvalue weighted by atomic mass is 19.1. The largest absolute Gasteiger partial charge is 0.487 e. The summed E-state index contributed by atoms with van der Waals surface area (Å²) in [5, 5.41) is 0. The molecule has 136 valence electrons. The number of anilines is 1. The van der Waals surface area contributed by atoms with Gasteiger partial charge in [-0.05, 0) is 30.3 Å². The van der Waals surface area contributed by atoms with E-state index in [1.54, 1.807) is 6.07 Å². The minimum Gasteiger partial charge on any atom is -0.487 e. The molecular weight excluding hydrogens is 343 g/mol. The van der Waals surface area contributed by atoms with Crippen LogP contribution in [-0.2, 0) is 7.05 Å². The van der Waals surface area contributed by atoms with Gasteiger partial charge in [-0.25, -0.2) is 18.2 Å². The summed E-state index contributed by atoms with van der Waals surface area (Å²) in [6.45, 7) is 1.38. The molecule has 4 nitrogen and oxygen atoms in total. The van der Waals surface area contributed by atoms with Crippen LogP contribution in [0.3, 0.4) is 0 Å². The smallest absolute Gasteiger partial charge is 0.206 e. The number of aryl methyl sites for hydroxylation is 1. The van der Waals surface area contributed by atoms with Crippen LogP contribution in [0.4, 0.5) is 19.1 Å². The van der Waals surface area contributed by atoms with Crippen LogP contribution >= 0.6 is 0 Å². The van der Waals surface area contributed by atoms with Crippen molar-refractivity contribution < 1.29 is 17.9 Å². The Morgan fingerprint density at radius 2 is 1.69 bits per heavy atom. The van der Waals surface area contributed by atoms with E-state index in [1.165, 1.54) is 24.3 Å². The van der Waals surface area contributed by atoms with Crippen LogP contribution in [0.1, 0.15) is 12.8 Å². The SMILES string of the molecule is Cn1c(N2CCC(Oc3ccc(F)cc3F)CC2)nc2ccc(F)cc21. The molecule has 0 atom stereocenters. The predicted octanol–water partition coefficient (Wildman–Crippen LogP) is 4.04. The third kappa shape index (κ3) is 3.09. The summed E-state index contributed by atoms with van der Waals surface area (Å²) in [5.74, 6) is -0.756. The molecule has 26 heavy (non-hydrogen) atoms. The molecule has 1 saturated heterocycles. The van der Waals surface area contributed by atoms with Crippen molar-refractivity contribution in [2.75, 3.05) is 18.0 Å². The zero-order valence-electron chi connectivity index (χ0n) is 14.3. The number of hydrogen-bond acceptors (Lipinski definition) is 3. The van der Waals surface area contributed by atoms with Gasteiger partial charge in [0.1, 0.15) is 17.7 Å². The van der Waals surface area contributed by atoms with Gasteiger partial charge >= 0.3 is 0 Å². The summed E-state index contributed by atoms with van der Waals surface area (Å²) in [6, 6.07) is 7.86. The van der Waals surface area contributed by atoms with E-state index < -0.39 is 11.6 Å². The number of benzene rings is 2. The lowest BCUT2D eigenvalue weighted by molar-refractivity contribution is 0.163. The number of rotatable bonds is 3. The Kier molecular flexibility index (Phi) is 4.22. The van der Waals surface area contributed by atoms with E-state index in [0.29, 0.717) is 25.9 Å². The Morgan fingerprint density at radius 3 is 2.42 bits per heavy atom. The first-order valence-corrected chi connectivity index (χ1v) is 8.50. The Morgan fingerprint density at radius 1 is 1.00 bits per heavy atom. The van der Waals surface area contributed by atoms with Gasteiger partial charge in [-0.1, -0.05) is 0 Å². The molecule has 0 N–H and O–H groups in total. The molecule has 0 amide bonds. The molecule has 4 rings (SSSR count). The fourth-order valence-electron chi connectivity index (χ4n) is 3.36. The Labute approximate surface area is 148 Å². The summed E-state index contributed by atoms with van der Waals surface area (Å²) in [5.41, 5.74) is 1.49. The van der Waals surface area contributed by atoms with Crippen LogP contribution in [0.5, 0.6) is 5.75 Å². The van der Waals surface area contributed by atoms with Crippen LogP contribution in [0, 0.1) is 17.5 Å². The fourth-order valence-corrected chi connectivity index (χ4v) is 3.36. The lowest BCUT2D eigenvalue weighted by Gasteiger charge is -2.32. The van der Waals surface area contributed by atoms with Crippen LogP contribution in [0.2, 0.25) is 0 Å². The molecule has 7 heteroatoms. The first-order chi connectivity index (χ1) is 12.5. The Bertz CT molecular complexity index is 949. The van der Waals surface area contributed by atoms with E-state index in [4.69, 9.17) is 4.74 Å². The normalized spacial score (nSPS) is 15.6. The predicted molar refractivity (Wildman–Crippen MR) is 92.9 cm³/mol. The summed E-state index contributed by atoms with van der Waals surface area (Å²) in [7, 11) is 1.86. The summed E-state index contributed by atoms with van der Waals surface area (Å²) < 4.78 is 47.7. The molecule has 0 radical (unpaired) electrons. The number of piperidine rings is 1. The lowest BCUT2D eigenvalue weighted by atomic mass is 10.1. The average Bonchev–Trinajstić information content (AvgIpc) is 2.94. The molecule has 0 aliphatic carbocycles. The molecular formula is C19H18F3N3O. The molecule has 1 aromatic heterocycles. The van der Waals surface area contributed by atoms with Gasteiger partial charge in [-0.15, -0.1) is 0 Å². The number of nitrogens with zero attached hydrogens (tertiary/aromatic N) is 3. The number of halogens is 3. The zero-order valence-corrected chi connectivity index (χ0v) is 14.3. The Hall–Kier alpha value is -2.70. The van der Waals surface area contributed by atoms with E-state index in [1.807, 2.05) is 11.6 Å². The highest BCUT2D eigenvalue weighted by molar-refractivity contribution is 5.78. The molecule has 0 bridgehead atoms. The number of hydrogen-bond donors (Lipinski definition) is 0. The van der Waals surface area contributed by atoms with E-state index >= 15 is 0 Å². The third-order valence-corrected chi connectivity index (χ3v) is 4.73. The van der Waals surface area contributed by atoms with E-state index in [-0.39, 0.29) is 17.7 Å². The van der Waals surface area contributed by atoms with Crippen molar-refractivity contribution in [1.29, 1.82) is 0 Å². The number of fused-ring (bicyclic) bond motifs is 1. The van der Waals surface area contributed by atoms with Crippen LogP contribution < -0.4 is 9.64 Å². The fraction of sp³-hybridized carbons (Fsp3) is 0.316. The van der Waals surface area contributed by atoms with Crippen molar-refractivity contribution >= 4 is 17.0 Å². The minimum atomic E-state index is -0.690. The van der Waals surface area contributed by atoms with Crippen molar-refractivity contribution in [1.82, 2.24) is 9.55 Å². The molecule has 2 heterocycles. The monoisotopic (exact) mass is 361 g/mol. The zero-order chi connectivity index (χ0) is 18.3. The molecule has 0 saturated carbocycles. The molecule has 1 aliphatic heterocycles. The van der Waals surface area contributed by atoms with Gasteiger partial charge in [-0.3, -0.25) is 0 Å². The highest BCUT2D eigenvalue weighted by Crippen LogP contribution is 2.27. The van der Waals surface area contributed by atoms with Gasteiger partial charge in [0.05, 0.1) is 11.0 Å². The van der Waals surface area contributed by atoms with Gasteiger partial charge in [0.2, 0.25) is 5.95 Å². The summed E-state index contributed by atoms with van der Waals surface area (Å²) in [4.78, 5) is 6.70. The maximum Gasteiger partial charge on any atom is 0.206 e. The van der Waals surface area contributed by atoms with Crippen molar-refractivity contribution in [2.45, 2.75) is 18.9 Å². The average molecular weight is 361 g/mol. The van der Waals surface area contributed by atoms with E-state index in [9.17, 15) is 13.2 Å². The van der Waals surface area contributed by atoms with Gasteiger partial charge in [0.15, 0.2) is 11.6 Å². The molecule has 3 aromatic rings. The van der Waals surface area contributed by atoms with E-state index in [0.717, 1.165) is 23.0 Å². The molecule has 1 aliphatic rings. The molecule has 2 aromatic carbocycles. The summed E-state index contributed by atoms with van der Waals surface area (Å²) in [6.07, 6.45) is 1.24. The van der Waals surface area contributed by atoms with Gasteiger partial charge in [0, 0.05) is 39.0 Å². The number of ether oxygens (including phenoxy) is 1. The maximum atomic E-state index is 13.7. The van der Waals surface area contributed by atoms with Crippen molar-refractivity contribution in [3.05, 3.63) is 53.8 Å². The quantitative estimate of drug-likeness (QED) is 0.705. The van der Waals surface area contributed by atoms with Crippen molar-refractivity contribution in [3.63, 3.8) is 0 Å². The standard InChI is InChI=1S/C19H18F3N3O/c1-24-17-11-13(21)2-4-16(17)23-19(24)25-8-6-14(7-9-25)26-18-5-3-12(20)10-15(18)22/h2-5,10-11,14H,6-9H2,1H3. The van der Waals surface area contributed by atoms with Crippen LogP contribution in [0.25, 0.3) is 11.0 Å². The second-order valence-electron chi connectivity index (χ2n) is 6.48. The van der Waals surface area contributed by atoms with E-state index in [2.05, 4.69) is 9.88 Å². The topological polar surface area (TPSA) is 30.3 Å². The van der Waals surface area contributed by atoms with Crippen LogP contribution in [-0.4, -0.2) is 28.7 Å². The Balaban J connectivity index is 1.46. The van der Waals surface area contributed by atoms with Crippen molar-refractivity contribution in [3.8, 4) is 5.75 Å². The van der Waals surface area contributed by atoms with Gasteiger partial charge in [0.25, 0.3) is 0 Å². The van der Waals surface area contributed by atoms with Gasteiger partial charge < -0.3 is 14.2 Å². The highest BCUT2D eigenvalue weighted by Gasteiger charge is 2.24. The van der Waals surface area contributed by atoms with Crippen molar-refractivity contribution in [2.24, 2.45) is 7.05 Å². The van der Waals surface area contributed by atoms with Gasteiger partial charge in [-0.2, -0.15) is 0 Å². The number of imidazole rings is 1. The maximum absolute atomic E-state index is 13.7. The first-order valence-electron chi connectivity index (χ1n) is 8.50. The molecule has 1 fully saturated rings. The minimum absolute atomic E-state index is 0.0723.